The van der Waals surface area contributed by atoms with Crippen LogP contribution in [-0.2, 0) is 6.54 Å². The first kappa shape index (κ1) is 15.0. The minimum absolute atomic E-state index is 0.237. The normalized spacial score (nSPS) is 18.4. The molecule has 3 nitrogen and oxygen atoms in total. The van der Waals surface area contributed by atoms with Gasteiger partial charge in [-0.25, -0.2) is 9.18 Å². The molecule has 0 amide bonds. The first-order valence-electron chi connectivity index (χ1n) is 7.24. The van der Waals surface area contributed by atoms with Crippen molar-refractivity contribution in [2.75, 3.05) is 13.1 Å². The molecule has 1 fully saturated rings. The molecule has 1 heterocycles. The van der Waals surface area contributed by atoms with E-state index < -0.39 is 11.8 Å². The lowest BCUT2D eigenvalue weighted by Gasteiger charge is -2.26. The molecule has 0 aromatic heterocycles. The second-order valence-corrected chi connectivity index (χ2v) is 5.79. The Balaban J connectivity index is 2.08. The fourth-order valence-corrected chi connectivity index (χ4v) is 3.08. The Morgan fingerprint density at radius 2 is 2.10 bits per heavy atom. The van der Waals surface area contributed by atoms with E-state index in [1.54, 1.807) is 6.07 Å². The number of hydrogen-bond donors (Lipinski definition) is 1. The Kier molecular flexibility index (Phi) is 4.43. The van der Waals surface area contributed by atoms with Gasteiger partial charge in [-0.3, -0.25) is 4.90 Å². The number of carboxylic acids is 1. The molecule has 0 spiro atoms. The predicted octanol–water partition coefficient (Wildman–Crippen LogP) is 3.54. The third-order valence-corrected chi connectivity index (χ3v) is 4.68. The first-order valence-corrected chi connectivity index (χ1v) is 7.24. The summed E-state index contributed by atoms with van der Waals surface area (Å²) in [7, 11) is 0. The second kappa shape index (κ2) is 5.92. The number of benzene rings is 1. The van der Waals surface area contributed by atoms with Gasteiger partial charge in [-0.05, 0) is 48.9 Å². The zero-order valence-electron chi connectivity index (χ0n) is 12.2. The van der Waals surface area contributed by atoms with E-state index in [1.165, 1.54) is 31.4 Å². The number of aromatic carboxylic acids is 1. The van der Waals surface area contributed by atoms with Crippen LogP contribution in [0.1, 0.15) is 49.0 Å². The Morgan fingerprint density at radius 3 is 2.65 bits per heavy atom. The van der Waals surface area contributed by atoms with Gasteiger partial charge in [0.05, 0.1) is 5.56 Å². The minimum atomic E-state index is -1.21. The van der Waals surface area contributed by atoms with Gasteiger partial charge in [-0.2, -0.15) is 0 Å². The van der Waals surface area contributed by atoms with Crippen LogP contribution in [0.25, 0.3) is 0 Å². The van der Waals surface area contributed by atoms with Crippen LogP contribution in [0.3, 0.4) is 0 Å². The summed E-state index contributed by atoms with van der Waals surface area (Å²) >= 11 is 0. The third kappa shape index (κ3) is 3.01. The molecule has 0 bridgehead atoms. The van der Waals surface area contributed by atoms with Crippen LogP contribution in [0.5, 0.6) is 0 Å². The van der Waals surface area contributed by atoms with Gasteiger partial charge >= 0.3 is 5.97 Å². The highest BCUT2D eigenvalue weighted by Gasteiger charge is 2.34. The summed E-state index contributed by atoms with van der Waals surface area (Å²) in [5.74, 6) is -1.87. The fraction of sp³-hybridized carbons (Fsp3) is 0.562. The summed E-state index contributed by atoms with van der Waals surface area (Å²) in [6.07, 6.45) is 3.53. The van der Waals surface area contributed by atoms with E-state index in [0.717, 1.165) is 18.7 Å². The van der Waals surface area contributed by atoms with E-state index in [-0.39, 0.29) is 5.56 Å². The van der Waals surface area contributed by atoms with Crippen LogP contribution in [0.4, 0.5) is 4.39 Å². The van der Waals surface area contributed by atoms with Crippen LogP contribution in [0.15, 0.2) is 18.2 Å². The van der Waals surface area contributed by atoms with E-state index >= 15 is 0 Å². The molecule has 1 aromatic carbocycles. The van der Waals surface area contributed by atoms with Gasteiger partial charge < -0.3 is 5.11 Å². The second-order valence-electron chi connectivity index (χ2n) is 5.79. The summed E-state index contributed by atoms with van der Waals surface area (Å²) in [5.41, 5.74) is 1.03. The molecule has 1 saturated heterocycles. The van der Waals surface area contributed by atoms with Crippen molar-refractivity contribution >= 4 is 5.97 Å². The van der Waals surface area contributed by atoms with E-state index in [2.05, 4.69) is 18.7 Å². The number of carboxylic acid groups (broad SMARTS) is 1. The van der Waals surface area contributed by atoms with E-state index in [9.17, 15) is 9.18 Å². The summed E-state index contributed by atoms with van der Waals surface area (Å²) in [5, 5.41) is 8.96. The molecular weight excluding hydrogens is 257 g/mol. The van der Waals surface area contributed by atoms with E-state index in [4.69, 9.17) is 5.11 Å². The largest absolute Gasteiger partial charge is 0.478 e. The summed E-state index contributed by atoms with van der Waals surface area (Å²) in [4.78, 5) is 13.3. The number of likely N-dealkylation sites (tertiary alicyclic amines) is 1. The highest BCUT2D eigenvalue weighted by atomic mass is 19.1. The molecule has 4 heteroatoms. The van der Waals surface area contributed by atoms with Crippen LogP contribution < -0.4 is 0 Å². The Hall–Kier alpha value is -1.42. The van der Waals surface area contributed by atoms with Gasteiger partial charge in [0.2, 0.25) is 0 Å². The smallest absolute Gasteiger partial charge is 0.338 e. The maximum atomic E-state index is 13.4. The predicted molar refractivity (Wildman–Crippen MR) is 76.3 cm³/mol. The Bertz CT molecular complexity index is 497. The molecule has 0 atom stereocenters. The van der Waals surface area contributed by atoms with Crippen LogP contribution in [0.2, 0.25) is 0 Å². The molecule has 1 aliphatic rings. The number of hydrogen-bond acceptors (Lipinski definition) is 2. The number of nitrogens with zero attached hydrogens (tertiary/aromatic N) is 1. The Labute approximate surface area is 119 Å². The molecule has 1 N–H and O–H groups in total. The molecule has 2 rings (SSSR count). The maximum Gasteiger partial charge on any atom is 0.338 e. The van der Waals surface area contributed by atoms with Crippen molar-refractivity contribution in [3.8, 4) is 0 Å². The molecule has 0 saturated carbocycles. The SMILES string of the molecule is CCC1(CC)CCN(Cc2ccc(F)c(C(=O)O)c2)C1. The van der Waals surface area contributed by atoms with E-state index in [1.807, 2.05) is 0 Å². The van der Waals surface area contributed by atoms with Crippen molar-refractivity contribution in [3.63, 3.8) is 0 Å². The quantitative estimate of drug-likeness (QED) is 0.896. The van der Waals surface area contributed by atoms with Gasteiger partial charge in [0.25, 0.3) is 0 Å². The molecule has 0 unspecified atom stereocenters. The van der Waals surface area contributed by atoms with Crippen molar-refractivity contribution in [2.45, 2.75) is 39.7 Å². The maximum absolute atomic E-state index is 13.4. The molecule has 0 radical (unpaired) electrons. The zero-order chi connectivity index (χ0) is 14.8. The van der Waals surface area contributed by atoms with Crippen LogP contribution in [-0.4, -0.2) is 29.1 Å². The standard InChI is InChI=1S/C16H22FNO2/c1-3-16(4-2)7-8-18(11-16)10-12-5-6-14(17)13(9-12)15(19)20/h5-6,9H,3-4,7-8,10-11H2,1-2H3,(H,19,20). The first-order chi connectivity index (χ1) is 9.49. The van der Waals surface area contributed by atoms with Crippen molar-refractivity contribution < 1.29 is 14.3 Å². The average Bonchev–Trinajstić information content (AvgIpc) is 2.85. The van der Waals surface area contributed by atoms with Crippen molar-refractivity contribution in [2.24, 2.45) is 5.41 Å². The molecule has 1 aromatic rings. The van der Waals surface area contributed by atoms with Crippen LogP contribution >= 0.6 is 0 Å². The highest BCUT2D eigenvalue weighted by Crippen LogP contribution is 2.37. The van der Waals surface area contributed by atoms with Crippen molar-refractivity contribution in [1.29, 1.82) is 0 Å². The molecule has 1 aliphatic heterocycles. The topological polar surface area (TPSA) is 40.5 Å². The summed E-state index contributed by atoms with van der Waals surface area (Å²) < 4.78 is 13.4. The van der Waals surface area contributed by atoms with Gasteiger partial charge in [-0.15, -0.1) is 0 Å². The monoisotopic (exact) mass is 279 g/mol. The van der Waals surface area contributed by atoms with Gasteiger partial charge in [0, 0.05) is 13.1 Å². The van der Waals surface area contributed by atoms with E-state index in [0.29, 0.717) is 12.0 Å². The lowest BCUT2D eigenvalue weighted by atomic mass is 9.82. The molecule has 20 heavy (non-hydrogen) atoms. The molecule has 0 aliphatic carbocycles. The fourth-order valence-electron chi connectivity index (χ4n) is 3.08. The lowest BCUT2D eigenvalue weighted by molar-refractivity contribution is 0.0691. The number of carbonyl (C=O) groups is 1. The van der Waals surface area contributed by atoms with Crippen molar-refractivity contribution in [3.05, 3.63) is 35.1 Å². The molecular formula is C16H22FNO2. The Morgan fingerprint density at radius 1 is 1.40 bits per heavy atom. The average molecular weight is 279 g/mol. The zero-order valence-corrected chi connectivity index (χ0v) is 12.2. The third-order valence-electron chi connectivity index (χ3n) is 4.68. The van der Waals surface area contributed by atoms with Crippen LogP contribution in [0, 0.1) is 11.2 Å². The number of rotatable bonds is 5. The highest BCUT2D eigenvalue weighted by molar-refractivity contribution is 5.88. The van der Waals surface area contributed by atoms with Crippen molar-refractivity contribution in [1.82, 2.24) is 4.90 Å². The summed E-state index contributed by atoms with van der Waals surface area (Å²) in [6.45, 7) is 7.23. The van der Waals surface area contributed by atoms with Gasteiger partial charge in [0.1, 0.15) is 5.82 Å². The lowest BCUT2D eigenvalue weighted by Crippen LogP contribution is -2.26. The summed E-state index contributed by atoms with van der Waals surface area (Å²) in [6, 6.07) is 4.39. The van der Waals surface area contributed by atoms with Gasteiger partial charge in [0.15, 0.2) is 0 Å². The van der Waals surface area contributed by atoms with Gasteiger partial charge in [-0.1, -0.05) is 19.9 Å². The number of halogens is 1. The minimum Gasteiger partial charge on any atom is -0.478 e. The molecule has 110 valence electrons.